The summed E-state index contributed by atoms with van der Waals surface area (Å²) in [6.45, 7) is 6.08. The third-order valence-corrected chi connectivity index (χ3v) is 7.70. The number of rotatable bonds is 9. The van der Waals surface area contributed by atoms with Crippen LogP contribution in [-0.4, -0.2) is 24.4 Å². The van der Waals surface area contributed by atoms with Gasteiger partial charge >= 0.3 is 5.97 Å². The summed E-state index contributed by atoms with van der Waals surface area (Å²) in [5.41, 5.74) is 6.35. The molecule has 0 radical (unpaired) electrons. The Morgan fingerprint density at radius 3 is 2.45 bits per heavy atom. The lowest BCUT2D eigenvalue weighted by molar-refractivity contribution is -0.134. The second-order valence-electron chi connectivity index (χ2n) is 10.3. The number of aliphatic hydroxyl groups is 1. The third kappa shape index (κ3) is 7.05. The van der Waals surface area contributed by atoms with Gasteiger partial charge in [-0.25, -0.2) is 9.18 Å². The summed E-state index contributed by atoms with van der Waals surface area (Å²) in [6.07, 6.45) is 12.1. The molecule has 5 rings (SSSR count). The molecule has 1 atom stereocenters. The molecule has 220 valence electrons. The van der Waals surface area contributed by atoms with Crippen LogP contribution in [0.25, 0.3) is 17.2 Å². The van der Waals surface area contributed by atoms with Crippen LogP contribution in [0.1, 0.15) is 82.2 Å². The minimum absolute atomic E-state index is 0.211. The number of esters is 1. The Kier molecular flexibility index (Phi) is 10.8. The molecular formula is C36H41FN2O3. The Labute approximate surface area is 249 Å². The van der Waals surface area contributed by atoms with Gasteiger partial charge in [0.05, 0.1) is 12.8 Å². The molecular weight excluding hydrogens is 527 g/mol. The van der Waals surface area contributed by atoms with Gasteiger partial charge in [0.15, 0.2) is 6.23 Å². The van der Waals surface area contributed by atoms with Crippen molar-refractivity contribution in [1.82, 2.24) is 0 Å². The predicted molar refractivity (Wildman–Crippen MR) is 170 cm³/mol. The van der Waals surface area contributed by atoms with Crippen molar-refractivity contribution < 1.29 is 19.0 Å². The number of aliphatic hydroxyl groups excluding tert-OH is 1. The van der Waals surface area contributed by atoms with Crippen LogP contribution in [0.5, 0.6) is 0 Å². The number of ether oxygens (including phenoxy) is 1. The average Bonchev–Trinajstić information content (AvgIpc) is 3.01. The molecule has 0 aromatic heterocycles. The van der Waals surface area contributed by atoms with Crippen molar-refractivity contribution in [3.8, 4) is 11.1 Å². The van der Waals surface area contributed by atoms with Crippen molar-refractivity contribution in [2.45, 2.75) is 65.5 Å². The predicted octanol–water partition coefficient (Wildman–Crippen LogP) is 9.14. The highest BCUT2D eigenvalue weighted by Crippen LogP contribution is 2.40. The highest BCUT2D eigenvalue weighted by molar-refractivity contribution is 5.98. The fourth-order valence-electron chi connectivity index (χ4n) is 5.59. The maximum Gasteiger partial charge on any atom is 0.330 e. The van der Waals surface area contributed by atoms with Crippen LogP contribution in [-0.2, 0) is 9.53 Å². The first-order valence-corrected chi connectivity index (χ1v) is 15.0. The summed E-state index contributed by atoms with van der Waals surface area (Å²) in [7, 11) is 1.34. The molecule has 5 nitrogen and oxygen atoms in total. The van der Waals surface area contributed by atoms with Crippen LogP contribution in [0, 0.1) is 11.7 Å². The minimum atomic E-state index is -1.24. The number of anilines is 1. The number of hydrogen-bond acceptors (Lipinski definition) is 5. The summed E-state index contributed by atoms with van der Waals surface area (Å²) in [5, 5.41) is 11.9. The Bertz CT molecular complexity index is 1470. The highest BCUT2D eigenvalue weighted by Gasteiger charge is 2.30. The fraction of sp³-hybridized carbons (Fsp3) is 0.333. The van der Waals surface area contributed by atoms with E-state index in [9.17, 15) is 9.90 Å². The molecule has 0 amide bonds. The number of carbonyl (C=O) groups is 1. The number of halogens is 1. The van der Waals surface area contributed by atoms with E-state index in [1.165, 1.54) is 25.7 Å². The van der Waals surface area contributed by atoms with Crippen molar-refractivity contribution in [3.05, 3.63) is 101 Å². The summed E-state index contributed by atoms with van der Waals surface area (Å²) in [4.78, 5) is 17.8. The number of allylic oxidation sites excluding steroid dienone is 2. The molecule has 0 bridgehead atoms. The maximum atomic E-state index is 15.8. The Morgan fingerprint density at radius 1 is 1.07 bits per heavy atom. The van der Waals surface area contributed by atoms with Gasteiger partial charge in [-0.05, 0) is 78.3 Å². The van der Waals surface area contributed by atoms with Crippen LogP contribution in [0.15, 0.2) is 83.5 Å². The molecule has 2 aliphatic rings. The van der Waals surface area contributed by atoms with Gasteiger partial charge in [0, 0.05) is 34.8 Å². The van der Waals surface area contributed by atoms with Gasteiger partial charge in [-0.2, -0.15) is 0 Å². The first-order valence-electron chi connectivity index (χ1n) is 15.0. The lowest BCUT2D eigenvalue weighted by Crippen LogP contribution is -2.33. The largest absolute Gasteiger partial charge is 0.466 e. The van der Waals surface area contributed by atoms with Gasteiger partial charge in [0.2, 0.25) is 0 Å². The van der Waals surface area contributed by atoms with Gasteiger partial charge in [-0.15, -0.1) is 0 Å². The van der Waals surface area contributed by atoms with E-state index in [-0.39, 0.29) is 11.5 Å². The van der Waals surface area contributed by atoms with Gasteiger partial charge in [0.1, 0.15) is 5.82 Å². The number of hydrogen-bond donors (Lipinski definition) is 1. The second kappa shape index (κ2) is 14.7. The van der Waals surface area contributed by atoms with Gasteiger partial charge in [-0.3, -0.25) is 4.99 Å². The minimum Gasteiger partial charge on any atom is -0.466 e. The Morgan fingerprint density at radius 2 is 1.81 bits per heavy atom. The number of fused-ring (bicyclic) bond motifs is 1. The molecule has 3 aromatic rings. The number of aliphatic imine (C=N–C) groups is 1. The van der Waals surface area contributed by atoms with Crippen molar-refractivity contribution in [2.24, 2.45) is 10.9 Å². The lowest BCUT2D eigenvalue weighted by Gasteiger charge is -2.38. The lowest BCUT2D eigenvalue weighted by atomic mass is 9.85. The molecule has 0 saturated heterocycles. The first-order chi connectivity index (χ1) is 20.5. The normalized spacial score (nSPS) is 15.3. The zero-order chi connectivity index (χ0) is 30.1. The molecule has 1 saturated carbocycles. The zero-order valence-electron chi connectivity index (χ0n) is 25.0. The number of nitrogens with zero attached hydrogens (tertiary/aromatic N) is 2. The second-order valence-corrected chi connectivity index (χ2v) is 10.3. The van der Waals surface area contributed by atoms with Crippen molar-refractivity contribution >= 4 is 29.6 Å². The van der Waals surface area contributed by atoms with Crippen molar-refractivity contribution in [3.63, 3.8) is 0 Å². The van der Waals surface area contributed by atoms with E-state index in [0.717, 1.165) is 71.4 Å². The molecule has 1 fully saturated rings. The van der Waals surface area contributed by atoms with E-state index in [1.807, 2.05) is 67.3 Å². The summed E-state index contributed by atoms with van der Waals surface area (Å²) < 4.78 is 20.5. The van der Waals surface area contributed by atoms with Crippen LogP contribution in [0.4, 0.5) is 15.8 Å². The highest BCUT2D eigenvalue weighted by atomic mass is 19.1. The first kappa shape index (κ1) is 30.9. The van der Waals surface area contributed by atoms with E-state index in [0.29, 0.717) is 0 Å². The molecule has 0 spiro atoms. The summed E-state index contributed by atoms with van der Waals surface area (Å²) >= 11 is 0. The van der Waals surface area contributed by atoms with Crippen LogP contribution >= 0.6 is 0 Å². The number of carbonyl (C=O) groups excluding carboxylic acids is 1. The Balaban J connectivity index is 0.00000198. The average molecular weight is 569 g/mol. The monoisotopic (exact) mass is 568 g/mol. The van der Waals surface area contributed by atoms with Crippen LogP contribution in [0.2, 0.25) is 0 Å². The van der Waals surface area contributed by atoms with Crippen LogP contribution in [0.3, 0.4) is 0 Å². The zero-order valence-corrected chi connectivity index (χ0v) is 25.0. The molecule has 1 aliphatic carbocycles. The van der Waals surface area contributed by atoms with E-state index in [2.05, 4.69) is 18.0 Å². The van der Waals surface area contributed by atoms with Crippen molar-refractivity contribution in [1.29, 1.82) is 0 Å². The molecule has 42 heavy (non-hydrogen) atoms. The van der Waals surface area contributed by atoms with E-state index >= 15 is 4.39 Å². The molecule has 1 heterocycles. The van der Waals surface area contributed by atoms with E-state index < -0.39 is 18.0 Å². The van der Waals surface area contributed by atoms with E-state index in [1.54, 1.807) is 18.4 Å². The van der Waals surface area contributed by atoms with Gasteiger partial charge < -0.3 is 14.7 Å². The van der Waals surface area contributed by atoms with Crippen LogP contribution < -0.4 is 4.90 Å². The van der Waals surface area contributed by atoms with Gasteiger partial charge in [0.25, 0.3) is 0 Å². The summed E-state index contributed by atoms with van der Waals surface area (Å²) in [6, 6.07) is 18.5. The number of benzene rings is 3. The fourth-order valence-corrected chi connectivity index (χ4v) is 5.59. The molecule has 3 aromatic carbocycles. The van der Waals surface area contributed by atoms with E-state index in [4.69, 9.17) is 4.74 Å². The molecule has 1 N–H and O–H groups in total. The standard InChI is InChI=1S/C34H35FN2O3.C2H6/c1-3-8-32(24-10-5-4-6-11-24)37(28-12-7-9-23(19-28)13-18-33(38)40-2)34(39)29-16-14-26(21-30(29)35)25-15-17-31-27(20-25)22-36-31;1-2/h7-9,12-22,24,34,39H,3-6,10-11H2,1-2H3;1-2H3/b18-13+,32-8-;. The molecule has 1 unspecified atom stereocenters. The Hall–Kier alpha value is -4.03. The quantitative estimate of drug-likeness (QED) is 0.124. The third-order valence-electron chi connectivity index (χ3n) is 7.70. The van der Waals surface area contributed by atoms with Gasteiger partial charge in [-0.1, -0.05) is 76.4 Å². The maximum absolute atomic E-state index is 15.8. The topological polar surface area (TPSA) is 62.1 Å². The van der Waals surface area contributed by atoms with Crippen molar-refractivity contribution in [2.75, 3.05) is 12.0 Å². The number of methoxy groups -OCH3 is 1. The summed E-state index contributed by atoms with van der Waals surface area (Å²) in [5.74, 6) is -0.644. The molecule has 6 heteroatoms. The SMILES string of the molecule is CC.CC/C=C(/C1CCCCC1)N(c1cccc(/C=C/C(=O)OC)c1)C(O)c1ccc(-c2ccc3c(c2)C=N3)cc1F. The smallest absolute Gasteiger partial charge is 0.330 e. The molecule has 1 aliphatic heterocycles.